The molecule has 2 aliphatic heterocycles. The van der Waals surface area contributed by atoms with Crippen molar-refractivity contribution in [3.63, 3.8) is 0 Å². The maximum Gasteiger partial charge on any atom is 0.310 e. The summed E-state index contributed by atoms with van der Waals surface area (Å²) in [5.74, 6) is 1.08. The van der Waals surface area contributed by atoms with Crippen molar-refractivity contribution in [3.05, 3.63) is 56.8 Å². The molecule has 2 aliphatic rings. The van der Waals surface area contributed by atoms with Crippen LogP contribution in [0.15, 0.2) is 34.5 Å². The van der Waals surface area contributed by atoms with Gasteiger partial charge in [-0.1, -0.05) is 22.9 Å². The molecule has 0 saturated carbocycles. The first-order valence-electron chi connectivity index (χ1n) is 8.79. The van der Waals surface area contributed by atoms with Crippen LogP contribution < -0.4 is 14.2 Å². The van der Waals surface area contributed by atoms with Crippen LogP contribution in [0.5, 0.6) is 17.2 Å². The number of esters is 1. The molecule has 0 atom stereocenters. The lowest BCUT2D eigenvalue weighted by Crippen LogP contribution is -2.12. The van der Waals surface area contributed by atoms with Gasteiger partial charge in [0.1, 0.15) is 17.2 Å². The Labute approximate surface area is 170 Å². The first-order valence-corrected chi connectivity index (χ1v) is 9.58. The van der Waals surface area contributed by atoms with Gasteiger partial charge in [-0.15, -0.1) is 0 Å². The molecule has 4 rings (SSSR count). The molecular weight excluding hydrogens is 428 g/mol. The summed E-state index contributed by atoms with van der Waals surface area (Å²) in [6.45, 7) is 4.07. The molecule has 0 spiro atoms. The second kappa shape index (κ2) is 7.41. The van der Waals surface area contributed by atoms with Gasteiger partial charge in [-0.05, 0) is 37.3 Å². The lowest BCUT2D eigenvalue weighted by molar-refractivity contribution is -0.134. The highest BCUT2D eigenvalue weighted by Crippen LogP contribution is 2.41. The summed E-state index contributed by atoms with van der Waals surface area (Å²) in [6.07, 6.45) is 1.92. The minimum absolute atomic E-state index is 0.158. The molecular formula is C21H17BrO6. The predicted molar refractivity (Wildman–Crippen MR) is 104 cm³/mol. The van der Waals surface area contributed by atoms with Crippen molar-refractivity contribution < 1.29 is 28.5 Å². The van der Waals surface area contributed by atoms with Gasteiger partial charge in [-0.2, -0.15) is 0 Å². The monoisotopic (exact) mass is 444 g/mol. The van der Waals surface area contributed by atoms with Gasteiger partial charge in [-0.25, -0.2) is 0 Å². The third kappa shape index (κ3) is 3.31. The lowest BCUT2D eigenvalue weighted by Gasteiger charge is -2.20. The maximum absolute atomic E-state index is 12.8. The van der Waals surface area contributed by atoms with E-state index in [0.717, 1.165) is 15.6 Å². The van der Waals surface area contributed by atoms with Gasteiger partial charge in [0.05, 0.1) is 12.2 Å². The second-order valence-corrected chi connectivity index (χ2v) is 7.34. The summed E-state index contributed by atoms with van der Waals surface area (Å²) in [6, 6.07) is 7.01. The Morgan fingerprint density at radius 1 is 1.29 bits per heavy atom. The molecule has 0 aromatic heterocycles. The van der Waals surface area contributed by atoms with Gasteiger partial charge in [0.2, 0.25) is 5.78 Å². The van der Waals surface area contributed by atoms with Crippen LogP contribution in [-0.4, -0.2) is 18.5 Å². The van der Waals surface area contributed by atoms with Crippen molar-refractivity contribution in [2.45, 2.75) is 26.9 Å². The largest absolute Gasteiger partial charge is 0.467 e. The van der Waals surface area contributed by atoms with Crippen LogP contribution in [0.25, 0.3) is 6.08 Å². The molecule has 28 heavy (non-hydrogen) atoms. The average molecular weight is 445 g/mol. The first-order chi connectivity index (χ1) is 13.5. The standard InChI is InChI=1S/C21H17BrO6/c1-3-18(23)27-16-5-4-15-19(24)17(28-20(15)11(16)2)8-12-6-14(22)7-13-9-25-10-26-21(12)13/h4-8H,3,9-10H2,1-2H3/b17-8-. The molecule has 0 aliphatic carbocycles. The Kier molecular flexibility index (Phi) is 4.95. The Morgan fingerprint density at radius 2 is 2.11 bits per heavy atom. The number of fused-ring (bicyclic) bond motifs is 2. The Balaban J connectivity index is 1.71. The van der Waals surface area contributed by atoms with Crippen LogP contribution in [0.4, 0.5) is 0 Å². The molecule has 144 valence electrons. The topological polar surface area (TPSA) is 71.1 Å². The van der Waals surface area contributed by atoms with Crippen molar-refractivity contribution in [3.8, 4) is 17.2 Å². The van der Waals surface area contributed by atoms with E-state index in [1.807, 2.05) is 12.1 Å². The number of ether oxygens (including phenoxy) is 4. The zero-order valence-electron chi connectivity index (χ0n) is 15.3. The Morgan fingerprint density at radius 3 is 2.89 bits per heavy atom. The van der Waals surface area contributed by atoms with Crippen LogP contribution in [0.2, 0.25) is 0 Å². The van der Waals surface area contributed by atoms with E-state index in [0.29, 0.717) is 35.0 Å². The normalized spacial score (nSPS) is 16.2. The number of allylic oxidation sites excluding steroid dienone is 1. The van der Waals surface area contributed by atoms with Crippen molar-refractivity contribution in [2.24, 2.45) is 0 Å². The fourth-order valence-electron chi connectivity index (χ4n) is 3.13. The number of carbonyl (C=O) groups is 2. The van der Waals surface area contributed by atoms with E-state index in [-0.39, 0.29) is 30.7 Å². The van der Waals surface area contributed by atoms with Gasteiger partial charge in [0, 0.05) is 27.6 Å². The van der Waals surface area contributed by atoms with Crippen LogP contribution >= 0.6 is 15.9 Å². The number of hydrogen-bond donors (Lipinski definition) is 0. The number of benzene rings is 2. The van der Waals surface area contributed by atoms with Crippen LogP contribution in [-0.2, 0) is 16.1 Å². The first kappa shape index (κ1) is 18.7. The van der Waals surface area contributed by atoms with E-state index in [9.17, 15) is 9.59 Å². The summed E-state index contributed by atoms with van der Waals surface area (Å²) in [7, 11) is 0. The van der Waals surface area contributed by atoms with E-state index < -0.39 is 0 Å². The molecule has 0 amide bonds. The third-order valence-electron chi connectivity index (χ3n) is 4.54. The third-order valence-corrected chi connectivity index (χ3v) is 5.00. The summed E-state index contributed by atoms with van der Waals surface area (Å²) >= 11 is 3.47. The van der Waals surface area contributed by atoms with Crippen LogP contribution in [0.1, 0.15) is 40.4 Å². The molecule has 0 unspecified atom stereocenters. The number of carbonyl (C=O) groups excluding carboxylic acids is 2. The predicted octanol–water partition coefficient (Wildman–Crippen LogP) is 4.56. The summed E-state index contributed by atoms with van der Waals surface area (Å²) in [5.41, 5.74) is 2.66. The second-order valence-electron chi connectivity index (χ2n) is 6.43. The molecule has 0 bridgehead atoms. The van der Waals surface area contributed by atoms with Gasteiger partial charge in [0.25, 0.3) is 0 Å². The number of hydrogen-bond acceptors (Lipinski definition) is 6. The van der Waals surface area contributed by atoms with Crippen LogP contribution in [0, 0.1) is 6.92 Å². The maximum atomic E-state index is 12.8. The zero-order chi connectivity index (χ0) is 19.8. The summed E-state index contributed by atoms with van der Waals surface area (Å²) < 4.78 is 22.9. The van der Waals surface area contributed by atoms with E-state index >= 15 is 0 Å². The highest BCUT2D eigenvalue weighted by atomic mass is 79.9. The summed E-state index contributed by atoms with van der Waals surface area (Å²) in [5, 5.41) is 0. The molecule has 7 heteroatoms. The number of halogens is 1. The smallest absolute Gasteiger partial charge is 0.310 e. The van der Waals surface area contributed by atoms with E-state index in [4.69, 9.17) is 18.9 Å². The van der Waals surface area contributed by atoms with Crippen molar-refractivity contribution in [1.29, 1.82) is 0 Å². The SMILES string of the molecule is CCC(=O)Oc1ccc2c(c1C)O/C(=C\c1cc(Br)cc3c1OCOC3)C2=O. The molecule has 0 radical (unpaired) electrons. The fourth-order valence-corrected chi connectivity index (χ4v) is 3.65. The van der Waals surface area contributed by atoms with Crippen molar-refractivity contribution >= 4 is 33.8 Å². The Bertz CT molecular complexity index is 1020. The Hall–Kier alpha value is -2.64. The van der Waals surface area contributed by atoms with Gasteiger partial charge < -0.3 is 18.9 Å². The molecule has 2 aromatic carbocycles. The molecule has 2 aromatic rings. The highest BCUT2D eigenvalue weighted by Gasteiger charge is 2.31. The van der Waals surface area contributed by atoms with Crippen molar-refractivity contribution in [2.75, 3.05) is 6.79 Å². The molecule has 6 nitrogen and oxygen atoms in total. The lowest BCUT2D eigenvalue weighted by atomic mass is 10.0. The van der Waals surface area contributed by atoms with Gasteiger partial charge >= 0.3 is 5.97 Å². The molecule has 0 fully saturated rings. The minimum atomic E-state index is -0.344. The number of Topliss-reactive ketones (excluding diaryl/α,β-unsaturated/α-hetero) is 1. The molecule has 2 heterocycles. The zero-order valence-corrected chi connectivity index (χ0v) is 16.9. The van der Waals surface area contributed by atoms with Crippen molar-refractivity contribution in [1.82, 2.24) is 0 Å². The molecule has 0 saturated heterocycles. The van der Waals surface area contributed by atoms with Gasteiger partial charge in [0.15, 0.2) is 12.6 Å². The molecule has 0 N–H and O–H groups in total. The number of ketones is 1. The van der Waals surface area contributed by atoms with Gasteiger partial charge in [-0.3, -0.25) is 9.59 Å². The van der Waals surface area contributed by atoms with E-state index in [2.05, 4.69) is 15.9 Å². The van der Waals surface area contributed by atoms with E-state index in [1.165, 1.54) is 0 Å². The number of rotatable bonds is 3. The summed E-state index contributed by atoms with van der Waals surface area (Å²) in [4.78, 5) is 24.4. The average Bonchev–Trinajstić information content (AvgIpc) is 3.00. The fraction of sp³-hybridized carbons (Fsp3) is 0.238. The minimum Gasteiger partial charge on any atom is -0.467 e. The van der Waals surface area contributed by atoms with Crippen LogP contribution in [0.3, 0.4) is 0 Å². The van der Waals surface area contributed by atoms with E-state index in [1.54, 1.807) is 32.1 Å². The quantitative estimate of drug-likeness (QED) is 0.392. The highest BCUT2D eigenvalue weighted by molar-refractivity contribution is 9.10.